The van der Waals surface area contributed by atoms with E-state index in [1.165, 1.54) is 0 Å². The molecule has 0 spiro atoms. The molecule has 0 aliphatic carbocycles. The Kier molecular flexibility index (Phi) is 12.1. The van der Waals surface area contributed by atoms with Gasteiger partial charge in [-0.05, 0) is 0 Å². The van der Waals surface area contributed by atoms with Crippen molar-refractivity contribution in [2.45, 2.75) is 85.1 Å². The summed E-state index contributed by atoms with van der Waals surface area (Å²) >= 11 is 0. The molecule has 0 rings (SSSR count). The second kappa shape index (κ2) is 12.2. The quantitative estimate of drug-likeness (QED) is 0.420. The minimum absolute atomic E-state index is 0.339. The molecule has 0 aromatic rings. The molecule has 0 amide bonds. The third-order valence-electron chi connectivity index (χ3n) is 5.16. The average Bonchev–Trinajstić information content (AvgIpc) is 2.61. The van der Waals surface area contributed by atoms with Gasteiger partial charge in [-0.15, -0.1) is 0 Å². The zero-order valence-electron chi connectivity index (χ0n) is 16.6. The van der Waals surface area contributed by atoms with Gasteiger partial charge in [-0.25, -0.2) is 0 Å². The van der Waals surface area contributed by atoms with Crippen LogP contribution in [0.5, 0.6) is 0 Å². The molecule has 4 nitrogen and oxygen atoms in total. The first-order valence-corrected chi connectivity index (χ1v) is 12.9. The molecule has 0 saturated heterocycles. The summed E-state index contributed by atoms with van der Waals surface area (Å²) in [6.45, 7) is 5.86. The molecule has 146 valence electrons. The van der Waals surface area contributed by atoms with Crippen LogP contribution >= 0.6 is 6.83 Å². The molecule has 0 aliphatic heterocycles. The van der Waals surface area contributed by atoms with Gasteiger partial charge in [0.1, 0.15) is 0 Å². The molecule has 24 heavy (non-hydrogen) atoms. The fourth-order valence-corrected chi connectivity index (χ4v) is 10.3. The fourth-order valence-electron chi connectivity index (χ4n) is 3.48. The number of hydrogen-bond donors (Lipinski definition) is 2. The first-order valence-electron chi connectivity index (χ1n) is 10.0. The predicted molar refractivity (Wildman–Crippen MR) is 107 cm³/mol. The van der Waals surface area contributed by atoms with Gasteiger partial charge in [0.25, 0.3) is 0 Å². The Bertz CT molecular complexity index is 306. The van der Waals surface area contributed by atoms with Crippen LogP contribution in [0.1, 0.15) is 79.1 Å². The second-order valence-electron chi connectivity index (χ2n) is 7.37. The fraction of sp³-hybridized carbons (Fsp3) is 0.947. The van der Waals surface area contributed by atoms with E-state index >= 15 is 0 Å². The molecule has 0 aliphatic rings. The van der Waals surface area contributed by atoms with E-state index in [2.05, 4.69) is 27.7 Å². The van der Waals surface area contributed by atoms with Crippen LogP contribution in [0.3, 0.4) is 0 Å². The molecule has 0 heterocycles. The van der Waals surface area contributed by atoms with Crippen molar-refractivity contribution in [3.8, 4) is 0 Å². The maximum atomic E-state index is 12.6. The second-order valence-corrected chi connectivity index (χ2v) is 13.1. The Labute approximate surface area is 149 Å². The monoisotopic (exact) mass is 363 g/mol. The van der Waals surface area contributed by atoms with E-state index in [0.29, 0.717) is 0 Å². The molecule has 0 saturated carbocycles. The van der Waals surface area contributed by atoms with Crippen LogP contribution in [0.15, 0.2) is 0 Å². The number of unbranched alkanes of at least 4 members (excludes halogenated alkanes) is 4. The molecule has 0 unspecified atom stereocenters. The molecule has 0 aromatic carbocycles. The Balaban J connectivity index is 5.76. The average molecular weight is 364 g/mol. The van der Waals surface area contributed by atoms with Gasteiger partial charge < -0.3 is 0 Å². The number of aliphatic hydroxyl groups is 1. The van der Waals surface area contributed by atoms with Crippen LogP contribution in [0.4, 0.5) is 0 Å². The molecule has 1 atom stereocenters. The standard InChI is InChI=1S/C19H42NO3P/c1-5-9-13-24(14-10-6-2,15-11-7-3,16-12-8-4)23-19(22)18(20)17-21/h18,21H,5-17,20H2,1-4H3/t18-/m0/s1. The Morgan fingerprint density at radius 1 is 0.875 bits per heavy atom. The van der Waals surface area contributed by atoms with Crippen LogP contribution < -0.4 is 5.73 Å². The molecule has 0 bridgehead atoms. The third-order valence-corrected chi connectivity index (χ3v) is 11.6. The van der Waals surface area contributed by atoms with Crippen LogP contribution in [-0.2, 0) is 9.32 Å². The molecule has 3 N–H and O–H groups in total. The number of aliphatic hydroxyl groups excluding tert-OH is 1. The Morgan fingerprint density at radius 2 is 1.21 bits per heavy atom. The Morgan fingerprint density at radius 3 is 1.46 bits per heavy atom. The minimum atomic E-state index is -2.61. The van der Waals surface area contributed by atoms with Crippen molar-refractivity contribution in [3.63, 3.8) is 0 Å². The summed E-state index contributed by atoms with van der Waals surface area (Å²) < 4.78 is 6.39. The molecule has 5 heteroatoms. The van der Waals surface area contributed by atoms with Crippen molar-refractivity contribution in [2.75, 3.05) is 31.3 Å². The van der Waals surface area contributed by atoms with E-state index in [4.69, 9.17) is 10.3 Å². The summed E-state index contributed by atoms with van der Waals surface area (Å²) in [5, 5.41) is 9.28. The summed E-state index contributed by atoms with van der Waals surface area (Å²) in [7, 11) is 0. The van der Waals surface area contributed by atoms with Gasteiger partial charge in [0.15, 0.2) is 0 Å². The van der Waals surface area contributed by atoms with Gasteiger partial charge in [0, 0.05) is 0 Å². The van der Waals surface area contributed by atoms with E-state index in [0.717, 1.165) is 76.0 Å². The van der Waals surface area contributed by atoms with Crippen molar-refractivity contribution in [3.05, 3.63) is 0 Å². The summed E-state index contributed by atoms with van der Waals surface area (Å²) in [4.78, 5) is 12.6. The zero-order chi connectivity index (χ0) is 18.5. The zero-order valence-corrected chi connectivity index (χ0v) is 17.5. The van der Waals surface area contributed by atoms with Crippen molar-refractivity contribution >= 4 is 12.8 Å². The third kappa shape index (κ3) is 7.37. The molecule has 0 fully saturated rings. The van der Waals surface area contributed by atoms with E-state index in [-0.39, 0.29) is 12.6 Å². The van der Waals surface area contributed by atoms with Crippen molar-refractivity contribution in [1.82, 2.24) is 0 Å². The van der Waals surface area contributed by atoms with Crippen molar-refractivity contribution < 1.29 is 14.4 Å². The van der Waals surface area contributed by atoms with Crippen LogP contribution in [-0.4, -0.2) is 48.4 Å². The summed E-state index contributed by atoms with van der Waals surface area (Å²) in [5.74, 6) is -0.380. The van der Waals surface area contributed by atoms with E-state index < -0.39 is 12.9 Å². The Hall–Kier alpha value is -0.180. The molecular formula is C19H42NO3P. The van der Waals surface area contributed by atoms with E-state index in [9.17, 15) is 9.90 Å². The van der Waals surface area contributed by atoms with Crippen LogP contribution in [0.2, 0.25) is 0 Å². The molecular weight excluding hydrogens is 321 g/mol. The summed E-state index contributed by atoms with van der Waals surface area (Å²) in [5.41, 5.74) is 5.79. The molecule has 0 radical (unpaired) electrons. The van der Waals surface area contributed by atoms with Gasteiger partial charge in [0.05, 0.1) is 0 Å². The number of rotatable bonds is 15. The molecule has 0 aromatic heterocycles. The summed E-state index contributed by atoms with van der Waals surface area (Å²) in [6.07, 6.45) is 13.0. The normalized spacial score (nSPS) is 14.8. The van der Waals surface area contributed by atoms with Crippen molar-refractivity contribution in [2.24, 2.45) is 5.73 Å². The topological polar surface area (TPSA) is 72.5 Å². The number of carbonyl (C=O) groups is 1. The first-order chi connectivity index (χ1) is 11.4. The SMILES string of the molecule is CCCCP(CCCC)(CCCC)(CCCC)OC(=O)[C@@H](N)CO. The van der Waals surface area contributed by atoms with Crippen LogP contribution in [0, 0.1) is 0 Å². The van der Waals surface area contributed by atoms with E-state index in [1.807, 2.05) is 0 Å². The number of hydrogen-bond acceptors (Lipinski definition) is 4. The van der Waals surface area contributed by atoms with Gasteiger partial charge in [-0.1, -0.05) is 0 Å². The first kappa shape index (κ1) is 23.8. The summed E-state index contributed by atoms with van der Waals surface area (Å²) in [6, 6.07) is -0.905. The van der Waals surface area contributed by atoms with Crippen LogP contribution in [0.25, 0.3) is 0 Å². The van der Waals surface area contributed by atoms with Gasteiger partial charge in [0.2, 0.25) is 0 Å². The van der Waals surface area contributed by atoms with Gasteiger partial charge in [-0.3, -0.25) is 0 Å². The van der Waals surface area contributed by atoms with Gasteiger partial charge in [-0.2, -0.15) is 0 Å². The maximum absolute atomic E-state index is 12.6. The van der Waals surface area contributed by atoms with E-state index in [1.54, 1.807) is 0 Å². The number of carbonyl (C=O) groups excluding carboxylic acids is 1. The van der Waals surface area contributed by atoms with Crippen molar-refractivity contribution in [1.29, 1.82) is 0 Å². The van der Waals surface area contributed by atoms with Gasteiger partial charge >= 0.3 is 149 Å². The number of nitrogens with two attached hydrogens (primary N) is 1. The predicted octanol–water partition coefficient (Wildman–Crippen LogP) is 4.52.